The van der Waals surface area contributed by atoms with Gasteiger partial charge in [0.1, 0.15) is 0 Å². The van der Waals surface area contributed by atoms with Crippen molar-refractivity contribution < 1.29 is 9.47 Å². The Morgan fingerprint density at radius 2 is 1.38 bits per heavy atom. The topological polar surface area (TPSA) is 30.5 Å². The van der Waals surface area contributed by atoms with E-state index in [1.807, 2.05) is 0 Å². The van der Waals surface area contributed by atoms with Crippen LogP contribution in [-0.2, 0) is 9.47 Å². The number of methoxy groups -OCH3 is 2. The van der Waals surface area contributed by atoms with Crippen LogP contribution in [0.4, 0.5) is 0 Å². The van der Waals surface area contributed by atoms with E-state index >= 15 is 0 Å². The van der Waals surface area contributed by atoms with Gasteiger partial charge < -0.3 is 14.8 Å². The first kappa shape index (κ1) is 12.9. The molecule has 0 atom stereocenters. The molecule has 0 heterocycles. The SMILES string of the molecule is COCCCCCNCCCOC. The summed E-state index contributed by atoms with van der Waals surface area (Å²) in [7, 11) is 3.49. The molecule has 0 aromatic heterocycles. The van der Waals surface area contributed by atoms with Crippen LogP contribution in [0.5, 0.6) is 0 Å². The molecule has 0 radical (unpaired) electrons. The molecule has 0 aliphatic rings. The summed E-state index contributed by atoms with van der Waals surface area (Å²) >= 11 is 0. The van der Waals surface area contributed by atoms with E-state index in [4.69, 9.17) is 9.47 Å². The van der Waals surface area contributed by atoms with Gasteiger partial charge in [-0.05, 0) is 38.8 Å². The van der Waals surface area contributed by atoms with Crippen LogP contribution >= 0.6 is 0 Å². The van der Waals surface area contributed by atoms with E-state index in [9.17, 15) is 0 Å². The molecular weight excluding hydrogens is 166 g/mol. The number of nitrogens with one attached hydrogen (secondary N) is 1. The highest BCUT2D eigenvalue weighted by molar-refractivity contribution is 4.48. The van der Waals surface area contributed by atoms with Crippen LogP contribution in [0.25, 0.3) is 0 Å². The zero-order chi connectivity index (χ0) is 9.78. The lowest BCUT2D eigenvalue weighted by Gasteiger charge is -2.03. The summed E-state index contributed by atoms with van der Waals surface area (Å²) in [5.41, 5.74) is 0. The predicted molar refractivity (Wildman–Crippen MR) is 55.1 cm³/mol. The number of hydrogen-bond acceptors (Lipinski definition) is 3. The average molecular weight is 189 g/mol. The van der Waals surface area contributed by atoms with Crippen LogP contribution in [0.1, 0.15) is 25.7 Å². The summed E-state index contributed by atoms with van der Waals surface area (Å²) in [5, 5.41) is 3.38. The molecule has 0 saturated heterocycles. The molecule has 1 N–H and O–H groups in total. The second-order valence-corrected chi connectivity index (χ2v) is 3.15. The number of rotatable bonds is 10. The number of unbranched alkanes of at least 4 members (excludes halogenated alkanes) is 2. The van der Waals surface area contributed by atoms with Gasteiger partial charge in [-0.15, -0.1) is 0 Å². The molecule has 0 aromatic carbocycles. The van der Waals surface area contributed by atoms with E-state index in [-0.39, 0.29) is 0 Å². The summed E-state index contributed by atoms with van der Waals surface area (Å²) in [6, 6.07) is 0. The van der Waals surface area contributed by atoms with Crippen molar-refractivity contribution in [2.75, 3.05) is 40.5 Å². The molecule has 80 valence electrons. The molecule has 3 heteroatoms. The van der Waals surface area contributed by atoms with Gasteiger partial charge in [0.15, 0.2) is 0 Å². The molecule has 0 fully saturated rings. The van der Waals surface area contributed by atoms with Gasteiger partial charge in [0, 0.05) is 27.4 Å². The zero-order valence-electron chi connectivity index (χ0n) is 8.97. The van der Waals surface area contributed by atoms with Gasteiger partial charge in [-0.1, -0.05) is 0 Å². The zero-order valence-corrected chi connectivity index (χ0v) is 8.97. The lowest BCUT2D eigenvalue weighted by molar-refractivity contribution is 0.191. The van der Waals surface area contributed by atoms with E-state index in [0.29, 0.717) is 0 Å². The number of hydrogen-bond donors (Lipinski definition) is 1. The molecule has 0 unspecified atom stereocenters. The molecule has 3 nitrogen and oxygen atoms in total. The standard InChI is InChI=1S/C10H23NO2/c1-12-9-5-3-4-7-11-8-6-10-13-2/h11H,3-10H2,1-2H3. The highest BCUT2D eigenvalue weighted by atomic mass is 16.5. The summed E-state index contributed by atoms with van der Waals surface area (Å²) in [5.74, 6) is 0. The van der Waals surface area contributed by atoms with E-state index in [0.717, 1.165) is 32.7 Å². The van der Waals surface area contributed by atoms with Crippen molar-refractivity contribution in [1.29, 1.82) is 0 Å². The van der Waals surface area contributed by atoms with Gasteiger partial charge >= 0.3 is 0 Å². The van der Waals surface area contributed by atoms with Crippen LogP contribution in [-0.4, -0.2) is 40.5 Å². The Hall–Kier alpha value is -0.120. The molecule has 0 saturated carbocycles. The van der Waals surface area contributed by atoms with E-state index in [2.05, 4.69) is 5.32 Å². The van der Waals surface area contributed by atoms with Crippen molar-refractivity contribution in [3.8, 4) is 0 Å². The van der Waals surface area contributed by atoms with Crippen LogP contribution in [0.3, 0.4) is 0 Å². The predicted octanol–water partition coefficient (Wildman–Crippen LogP) is 1.43. The van der Waals surface area contributed by atoms with Crippen LogP contribution in [0.15, 0.2) is 0 Å². The lowest BCUT2D eigenvalue weighted by atomic mass is 10.2. The van der Waals surface area contributed by atoms with Crippen molar-refractivity contribution >= 4 is 0 Å². The first-order chi connectivity index (χ1) is 6.41. The van der Waals surface area contributed by atoms with Crippen molar-refractivity contribution in [2.24, 2.45) is 0 Å². The average Bonchev–Trinajstić information content (AvgIpc) is 2.16. The minimum Gasteiger partial charge on any atom is -0.385 e. The fourth-order valence-corrected chi connectivity index (χ4v) is 1.14. The van der Waals surface area contributed by atoms with E-state index in [1.165, 1.54) is 19.3 Å². The minimum absolute atomic E-state index is 0.858. The highest BCUT2D eigenvalue weighted by Gasteiger charge is 1.89. The van der Waals surface area contributed by atoms with Crippen LogP contribution in [0, 0.1) is 0 Å². The van der Waals surface area contributed by atoms with E-state index in [1.54, 1.807) is 14.2 Å². The maximum atomic E-state index is 4.96. The van der Waals surface area contributed by atoms with Gasteiger partial charge in [0.25, 0.3) is 0 Å². The fraction of sp³-hybridized carbons (Fsp3) is 1.00. The Kier molecular flexibility index (Phi) is 11.8. The molecule has 0 rings (SSSR count). The molecule has 0 aromatic rings. The molecule has 0 spiro atoms. The molecule has 0 amide bonds. The maximum absolute atomic E-state index is 4.96. The van der Waals surface area contributed by atoms with Crippen molar-refractivity contribution in [1.82, 2.24) is 5.32 Å². The third-order valence-corrected chi connectivity index (χ3v) is 1.90. The quantitative estimate of drug-likeness (QED) is 0.527. The summed E-state index contributed by atoms with van der Waals surface area (Å²) < 4.78 is 9.91. The van der Waals surface area contributed by atoms with Crippen molar-refractivity contribution in [2.45, 2.75) is 25.7 Å². The molecule has 0 aliphatic heterocycles. The Balaban J connectivity index is 2.76. The Labute approximate surface area is 81.8 Å². The van der Waals surface area contributed by atoms with Gasteiger partial charge in [-0.3, -0.25) is 0 Å². The Morgan fingerprint density at radius 3 is 2.08 bits per heavy atom. The largest absolute Gasteiger partial charge is 0.385 e. The van der Waals surface area contributed by atoms with Crippen molar-refractivity contribution in [3.05, 3.63) is 0 Å². The first-order valence-corrected chi connectivity index (χ1v) is 5.10. The smallest absolute Gasteiger partial charge is 0.0474 e. The van der Waals surface area contributed by atoms with Gasteiger partial charge in [0.2, 0.25) is 0 Å². The highest BCUT2D eigenvalue weighted by Crippen LogP contribution is 1.93. The van der Waals surface area contributed by atoms with Gasteiger partial charge in [-0.25, -0.2) is 0 Å². The molecule has 0 aliphatic carbocycles. The van der Waals surface area contributed by atoms with E-state index < -0.39 is 0 Å². The normalized spacial score (nSPS) is 10.6. The van der Waals surface area contributed by atoms with Crippen LogP contribution in [0.2, 0.25) is 0 Å². The summed E-state index contributed by atoms with van der Waals surface area (Å²) in [6.07, 6.45) is 4.78. The Morgan fingerprint density at radius 1 is 0.769 bits per heavy atom. The second-order valence-electron chi connectivity index (χ2n) is 3.15. The number of ether oxygens (including phenoxy) is 2. The lowest BCUT2D eigenvalue weighted by Crippen LogP contribution is -2.17. The fourth-order valence-electron chi connectivity index (χ4n) is 1.14. The second kappa shape index (κ2) is 11.9. The third kappa shape index (κ3) is 11.9. The van der Waals surface area contributed by atoms with Crippen LogP contribution < -0.4 is 5.32 Å². The summed E-state index contributed by atoms with van der Waals surface area (Å²) in [4.78, 5) is 0. The first-order valence-electron chi connectivity index (χ1n) is 5.10. The minimum atomic E-state index is 0.858. The summed E-state index contributed by atoms with van der Waals surface area (Å²) in [6.45, 7) is 3.94. The monoisotopic (exact) mass is 189 g/mol. The molecule has 13 heavy (non-hydrogen) atoms. The van der Waals surface area contributed by atoms with Gasteiger partial charge in [0.05, 0.1) is 0 Å². The van der Waals surface area contributed by atoms with Crippen molar-refractivity contribution in [3.63, 3.8) is 0 Å². The molecule has 0 bridgehead atoms. The maximum Gasteiger partial charge on any atom is 0.0474 e. The molecular formula is C10H23NO2. The van der Waals surface area contributed by atoms with Gasteiger partial charge in [-0.2, -0.15) is 0 Å². The third-order valence-electron chi connectivity index (χ3n) is 1.90. The Bertz CT molecular complexity index is 79.0.